The Balaban J connectivity index is 1.65. The summed E-state index contributed by atoms with van der Waals surface area (Å²) in [5, 5.41) is 0. The van der Waals surface area contributed by atoms with E-state index in [9.17, 15) is 4.79 Å². The van der Waals surface area contributed by atoms with E-state index in [1.807, 2.05) is 0 Å². The van der Waals surface area contributed by atoms with Crippen molar-refractivity contribution in [3.63, 3.8) is 0 Å². The molecule has 1 heterocycles. The number of anilines is 1. The van der Waals surface area contributed by atoms with Gasteiger partial charge in [0.15, 0.2) is 0 Å². The Bertz CT molecular complexity index is 581. The minimum absolute atomic E-state index is 0.277. The van der Waals surface area contributed by atoms with Crippen LogP contribution in [0.3, 0.4) is 0 Å². The minimum Gasteiger partial charge on any atom is -0.312 e. The van der Waals surface area contributed by atoms with Crippen LogP contribution < -0.4 is 4.90 Å². The lowest BCUT2D eigenvalue weighted by Gasteiger charge is -2.31. The van der Waals surface area contributed by atoms with Crippen molar-refractivity contribution in [1.82, 2.24) is 0 Å². The molecule has 23 heavy (non-hydrogen) atoms. The summed E-state index contributed by atoms with van der Waals surface area (Å²) in [6.45, 7) is 3.21. The molecule has 0 spiro atoms. The summed E-state index contributed by atoms with van der Waals surface area (Å²) in [4.78, 5) is 15.6. The summed E-state index contributed by atoms with van der Waals surface area (Å²) in [7, 11) is 0. The number of hydrogen-bond acceptors (Lipinski definition) is 1. The lowest BCUT2D eigenvalue weighted by molar-refractivity contribution is -0.123. The van der Waals surface area contributed by atoms with E-state index >= 15 is 0 Å². The smallest absolute Gasteiger partial charge is 0.230 e. The summed E-state index contributed by atoms with van der Waals surface area (Å²) >= 11 is 0. The average molecular weight is 311 g/mol. The highest BCUT2D eigenvalue weighted by molar-refractivity contribution is 5.96. The van der Waals surface area contributed by atoms with Crippen LogP contribution in [-0.2, 0) is 4.79 Å². The zero-order valence-corrected chi connectivity index (χ0v) is 14.3. The molecule has 124 valence electrons. The Morgan fingerprint density at radius 1 is 1.17 bits per heavy atom. The first-order chi connectivity index (χ1) is 11.3. The van der Waals surface area contributed by atoms with Gasteiger partial charge in [-0.05, 0) is 67.9 Å². The highest BCUT2D eigenvalue weighted by Crippen LogP contribution is 2.47. The molecule has 1 aliphatic heterocycles. The maximum atomic E-state index is 13.4. The molecule has 1 amide bonds. The third-order valence-electron chi connectivity index (χ3n) is 6.55. The molecular formula is C21H29NO. The highest BCUT2D eigenvalue weighted by Gasteiger charge is 2.40. The molecule has 4 unspecified atom stereocenters. The van der Waals surface area contributed by atoms with Gasteiger partial charge in [-0.25, -0.2) is 0 Å². The van der Waals surface area contributed by atoms with Gasteiger partial charge in [0.1, 0.15) is 0 Å². The fourth-order valence-electron chi connectivity index (χ4n) is 5.45. The first kappa shape index (κ1) is 15.2. The lowest BCUT2D eigenvalue weighted by Crippen LogP contribution is -2.40. The number of benzene rings is 1. The van der Waals surface area contributed by atoms with Gasteiger partial charge in [0, 0.05) is 18.2 Å². The largest absolute Gasteiger partial charge is 0.312 e. The van der Waals surface area contributed by atoms with Crippen LogP contribution in [0.25, 0.3) is 0 Å². The van der Waals surface area contributed by atoms with Crippen molar-refractivity contribution in [2.75, 3.05) is 11.4 Å². The van der Waals surface area contributed by atoms with Gasteiger partial charge < -0.3 is 4.90 Å². The fraction of sp³-hybridized carbons (Fsp3) is 0.667. The van der Waals surface area contributed by atoms with E-state index in [1.165, 1.54) is 56.2 Å². The number of fused-ring (bicyclic) bond motifs is 4. The van der Waals surface area contributed by atoms with Crippen molar-refractivity contribution in [3.05, 3.63) is 29.8 Å². The molecule has 2 heteroatoms. The Morgan fingerprint density at radius 3 is 2.91 bits per heavy atom. The van der Waals surface area contributed by atoms with E-state index in [0.29, 0.717) is 23.7 Å². The first-order valence-corrected chi connectivity index (χ1v) is 9.68. The molecule has 0 aromatic heterocycles. The van der Waals surface area contributed by atoms with Gasteiger partial charge in [-0.1, -0.05) is 38.0 Å². The Labute approximate surface area is 140 Å². The topological polar surface area (TPSA) is 20.3 Å². The highest BCUT2D eigenvalue weighted by atomic mass is 16.2. The normalized spacial score (nSPS) is 32.7. The van der Waals surface area contributed by atoms with Crippen molar-refractivity contribution in [2.45, 2.75) is 64.2 Å². The third-order valence-corrected chi connectivity index (χ3v) is 6.55. The standard InChI is InChI=1S/C21H29NO/c1-2-6-16-7-5-9-19(16)21(23)22-14-15-11-12-17(13-15)18-8-3-4-10-20(18)22/h3-4,8,10,15-17,19H,2,5-7,9,11-14H2,1H3. The molecule has 2 nitrogen and oxygen atoms in total. The molecule has 2 bridgehead atoms. The zero-order chi connectivity index (χ0) is 15.8. The number of hydrogen-bond donors (Lipinski definition) is 0. The quantitative estimate of drug-likeness (QED) is 0.757. The van der Waals surface area contributed by atoms with Gasteiger partial charge in [0.05, 0.1) is 0 Å². The van der Waals surface area contributed by atoms with Gasteiger partial charge >= 0.3 is 0 Å². The molecule has 0 N–H and O–H groups in total. The second kappa shape index (κ2) is 6.30. The predicted octanol–water partition coefficient (Wildman–Crippen LogP) is 5.13. The molecule has 1 aromatic rings. The molecular weight excluding hydrogens is 282 g/mol. The Morgan fingerprint density at radius 2 is 2.04 bits per heavy atom. The van der Waals surface area contributed by atoms with Gasteiger partial charge in [0.25, 0.3) is 0 Å². The number of carbonyl (C=O) groups is 1. The number of rotatable bonds is 3. The molecule has 4 rings (SSSR count). The summed E-state index contributed by atoms with van der Waals surface area (Å²) in [5.74, 6) is 2.73. The molecule has 4 atom stereocenters. The number of carbonyl (C=O) groups excluding carboxylic acids is 1. The predicted molar refractivity (Wildman–Crippen MR) is 94.6 cm³/mol. The van der Waals surface area contributed by atoms with Crippen LogP contribution in [0.2, 0.25) is 0 Å². The van der Waals surface area contributed by atoms with Crippen LogP contribution in [0, 0.1) is 17.8 Å². The minimum atomic E-state index is 0.277. The molecule has 2 fully saturated rings. The maximum absolute atomic E-state index is 13.4. The van der Waals surface area contributed by atoms with Crippen LogP contribution in [-0.4, -0.2) is 12.5 Å². The fourth-order valence-corrected chi connectivity index (χ4v) is 5.45. The van der Waals surface area contributed by atoms with E-state index in [1.54, 1.807) is 0 Å². The van der Waals surface area contributed by atoms with Crippen LogP contribution >= 0.6 is 0 Å². The zero-order valence-electron chi connectivity index (χ0n) is 14.3. The van der Waals surface area contributed by atoms with Crippen molar-refractivity contribution in [3.8, 4) is 0 Å². The first-order valence-electron chi connectivity index (χ1n) is 9.68. The molecule has 3 aliphatic rings. The summed E-state index contributed by atoms with van der Waals surface area (Å²) in [5.41, 5.74) is 2.66. The summed E-state index contributed by atoms with van der Waals surface area (Å²) < 4.78 is 0. The summed E-state index contributed by atoms with van der Waals surface area (Å²) in [6, 6.07) is 8.72. The van der Waals surface area contributed by atoms with Crippen LogP contribution in [0.15, 0.2) is 24.3 Å². The SMILES string of the molecule is CCCC1CCCC1C(=O)N1CC2CCC(C2)c2ccccc21. The van der Waals surface area contributed by atoms with E-state index < -0.39 is 0 Å². The summed E-state index contributed by atoms with van der Waals surface area (Å²) in [6.07, 6.45) is 9.92. The molecule has 1 aromatic carbocycles. The molecule has 2 saturated carbocycles. The van der Waals surface area contributed by atoms with Crippen molar-refractivity contribution in [2.24, 2.45) is 17.8 Å². The maximum Gasteiger partial charge on any atom is 0.230 e. The van der Waals surface area contributed by atoms with Gasteiger partial charge in [0.2, 0.25) is 5.91 Å². The Hall–Kier alpha value is -1.31. The number of amides is 1. The second-order valence-electron chi connectivity index (χ2n) is 7.97. The van der Waals surface area contributed by atoms with Crippen LogP contribution in [0.1, 0.15) is 69.8 Å². The number of para-hydroxylation sites is 1. The van der Waals surface area contributed by atoms with Crippen LogP contribution in [0.4, 0.5) is 5.69 Å². The third kappa shape index (κ3) is 2.70. The van der Waals surface area contributed by atoms with E-state index in [2.05, 4.69) is 36.1 Å². The Kier molecular flexibility index (Phi) is 4.17. The van der Waals surface area contributed by atoms with E-state index in [0.717, 1.165) is 13.0 Å². The van der Waals surface area contributed by atoms with Crippen molar-refractivity contribution < 1.29 is 4.79 Å². The van der Waals surface area contributed by atoms with Gasteiger partial charge in [-0.3, -0.25) is 4.79 Å². The van der Waals surface area contributed by atoms with Crippen molar-refractivity contribution in [1.29, 1.82) is 0 Å². The second-order valence-corrected chi connectivity index (χ2v) is 7.97. The van der Waals surface area contributed by atoms with Crippen LogP contribution in [0.5, 0.6) is 0 Å². The van der Waals surface area contributed by atoms with Gasteiger partial charge in [-0.15, -0.1) is 0 Å². The van der Waals surface area contributed by atoms with Gasteiger partial charge in [-0.2, -0.15) is 0 Å². The lowest BCUT2D eigenvalue weighted by atomic mass is 9.89. The van der Waals surface area contributed by atoms with Crippen molar-refractivity contribution >= 4 is 11.6 Å². The number of nitrogens with zero attached hydrogens (tertiary/aromatic N) is 1. The monoisotopic (exact) mass is 311 g/mol. The molecule has 2 aliphatic carbocycles. The van der Waals surface area contributed by atoms with E-state index in [4.69, 9.17) is 0 Å². The molecule has 0 radical (unpaired) electrons. The van der Waals surface area contributed by atoms with E-state index in [-0.39, 0.29) is 5.92 Å². The molecule has 0 saturated heterocycles. The average Bonchev–Trinajstić information content (AvgIpc) is 3.17.